The molecule has 6 heteroatoms. The average molecular weight is 327 g/mol. The van der Waals surface area contributed by atoms with Crippen molar-refractivity contribution in [2.75, 3.05) is 5.43 Å². The molecule has 0 radical (unpaired) electrons. The summed E-state index contributed by atoms with van der Waals surface area (Å²) >= 11 is 5.86. The largest absolute Gasteiger partial charge is 0.416 e. The molecule has 0 spiro atoms. The first-order valence-corrected chi connectivity index (χ1v) is 7.02. The fourth-order valence-electron chi connectivity index (χ4n) is 1.80. The van der Waals surface area contributed by atoms with Gasteiger partial charge in [0.05, 0.1) is 22.5 Å². The Bertz CT molecular complexity index is 664. The molecule has 0 aromatic heterocycles. The molecular weight excluding hydrogens is 313 g/mol. The highest BCUT2D eigenvalue weighted by Gasteiger charge is 2.30. The quantitative estimate of drug-likeness (QED) is 0.593. The molecule has 2 aromatic rings. The summed E-state index contributed by atoms with van der Waals surface area (Å²) in [5, 5.41) is 4.10. The van der Waals surface area contributed by atoms with Gasteiger partial charge in [0.1, 0.15) is 0 Å². The minimum absolute atomic E-state index is 0.109. The van der Waals surface area contributed by atoms with Gasteiger partial charge in [-0.2, -0.15) is 18.3 Å². The third kappa shape index (κ3) is 4.24. The second-order valence-electron chi connectivity index (χ2n) is 4.66. The SMILES string of the molecule is CCc1ccc(/C=N/Nc2cc(C(F)(F)F)ccc2Cl)cc1. The predicted molar refractivity (Wildman–Crippen MR) is 83.5 cm³/mol. The number of rotatable bonds is 4. The number of alkyl halides is 3. The zero-order valence-electron chi connectivity index (χ0n) is 11.8. The van der Waals surface area contributed by atoms with Crippen LogP contribution in [-0.4, -0.2) is 6.21 Å². The lowest BCUT2D eigenvalue weighted by Gasteiger charge is -2.09. The summed E-state index contributed by atoms with van der Waals surface area (Å²) < 4.78 is 37.9. The number of nitrogens with one attached hydrogen (secondary N) is 1. The van der Waals surface area contributed by atoms with E-state index in [2.05, 4.69) is 17.5 Å². The molecule has 22 heavy (non-hydrogen) atoms. The summed E-state index contributed by atoms with van der Waals surface area (Å²) in [4.78, 5) is 0. The smallest absolute Gasteiger partial charge is 0.277 e. The van der Waals surface area contributed by atoms with E-state index >= 15 is 0 Å². The Morgan fingerprint density at radius 2 is 1.82 bits per heavy atom. The van der Waals surface area contributed by atoms with Gasteiger partial charge in [-0.3, -0.25) is 5.43 Å². The molecule has 0 aliphatic carbocycles. The number of hydrogen-bond donors (Lipinski definition) is 1. The molecular formula is C16H14ClF3N2. The lowest BCUT2D eigenvalue weighted by atomic mass is 10.1. The number of benzene rings is 2. The van der Waals surface area contributed by atoms with E-state index < -0.39 is 11.7 Å². The highest BCUT2D eigenvalue weighted by molar-refractivity contribution is 6.33. The molecule has 0 aliphatic rings. The van der Waals surface area contributed by atoms with E-state index in [9.17, 15) is 13.2 Å². The second-order valence-corrected chi connectivity index (χ2v) is 5.06. The fourth-order valence-corrected chi connectivity index (χ4v) is 1.96. The third-order valence-corrected chi connectivity index (χ3v) is 3.41. The topological polar surface area (TPSA) is 24.4 Å². The Kier molecular flexibility index (Phi) is 5.08. The maximum atomic E-state index is 12.6. The van der Waals surface area contributed by atoms with E-state index in [0.717, 1.165) is 24.1 Å². The number of nitrogens with zero attached hydrogens (tertiary/aromatic N) is 1. The van der Waals surface area contributed by atoms with Crippen LogP contribution in [-0.2, 0) is 12.6 Å². The summed E-state index contributed by atoms with van der Waals surface area (Å²) in [6.07, 6.45) is -1.95. The van der Waals surface area contributed by atoms with E-state index in [4.69, 9.17) is 11.6 Å². The van der Waals surface area contributed by atoms with Gasteiger partial charge in [0.25, 0.3) is 0 Å². The molecule has 0 atom stereocenters. The molecule has 0 amide bonds. The van der Waals surface area contributed by atoms with Gasteiger partial charge in [0.2, 0.25) is 0 Å². The molecule has 0 saturated carbocycles. The van der Waals surface area contributed by atoms with Crippen molar-refractivity contribution >= 4 is 23.5 Å². The zero-order chi connectivity index (χ0) is 16.2. The van der Waals surface area contributed by atoms with Crippen LogP contribution in [0, 0.1) is 0 Å². The predicted octanol–water partition coefficient (Wildman–Crippen LogP) is 5.37. The first-order valence-electron chi connectivity index (χ1n) is 6.65. The van der Waals surface area contributed by atoms with Crippen molar-refractivity contribution in [2.24, 2.45) is 5.10 Å². The summed E-state index contributed by atoms with van der Waals surface area (Å²) in [6, 6.07) is 10.8. The lowest BCUT2D eigenvalue weighted by molar-refractivity contribution is -0.137. The lowest BCUT2D eigenvalue weighted by Crippen LogP contribution is -2.05. The van der Waals surface area contributed by atoms with E-state index in [0.29, 0.717) is 0 Å². The molecule has 0 bridgehead atoms. The summed E-state index contributed by atoms with van der Waals surface area (Å²) in [5.41, 5.74) is 3.91. The van der Waals surface area contributed by atoms with E-state index in [1.807, 2.05) is 24.3 Å². The molecule has 2 nitrogen and oxygen atoms in total. The highest BCUT2D eigenvalue weighted by Crippen LogP contribution is 2.33. The van der Waals surface area contributed by atoms with Gasteiger partial charge >= 0.3 is 6.18 Å². The van der Waals surface area contributed by atoms with Gasteiger partial charge < -0.3 is 0 Å². The number of hydrogen-bond acceptors (Lipinski definition) is 2. The van der Waals surface area contributed by atoms with E-state index in [-0.39, 0.29) is 10.7 Å². The minimum Gasteiger partial charge on any atom is -0.277 e. The summed E-state index contributed by atoms with van der Waals surface area (Å²) in [7, 11) is 0. The standard InChI is InChI=1S/C16H14ClF3N2/c1-2-11-3-5-12(6-4-11)10-21-22-15-9-13(16(18,19)20)7-8-14(15)17/h3-10,22H,2H2,1H3/b21-10+. The molecule has 2 rings (SSSR count). The van der Waals surface area contributed by atoms with Crippen LogP contribution < -0.4 is 5.43 Å². The normalized spacial score (nSPS) is 11.9. The van der Waals surface area contributed by atoms with Crippen molar-refractivity contribution in [1.82, 2.24) is 0 Å². The maximum Gasteiger partial charge on any atom is 0.416 e. The van der Waals surface area contributed by atoms with Crippen LogP contribution in [0.15, 0.2) is 47.6 Å². The van der Waals surface area contributed by atoms with Crippen molar-refractivity contribution in [1.29, 1.82) is 0 Å². The Balaban J connectivity index is 2.11. The minimum atomic E-state index is -4.42. The first-order chi connectivity index (χ1) is 10.4. The molecule has 0 unspecified atom stereocenters. The Morgan fingerprint density at radius 1 is 1.14 bits per heavy atom. The number of hydrazone groups is 1. The molecule has 0 saturated heterocycles. The van der Waals surface area contributed by atoms with Gasteiger partial charge in [0, 0.05) is 0 Å². The van der Waals surface area contributed by atoms with Crippen LogP contribution in [0.1, 0.15) is 23.6 Å². The third-order valence-electron chi connectivity index (χ3n) is 3.08. The summed E-state index contributed by atoms with van der Waals surface area (Å²) in [6.45, 7) is 2.06. The van der Waals surface area contributed by atoms with Gasteiger partial charge in [-0.1, -0.05) is 42.8 Å². The molecule has 1 N–H and O–H groups in total. The zero-order valence-corrected chi connectivity index (χ0v) is 12.5. The summed E-state index contributed by atoms with van der Waals surface area (Å²) in [5.74, 6) is 0. The molecule has 0 aliphatic heterocycles. The number of anilines is 1. The second kappa shape index (κ2) is 6.83. The van der Waals surface area contributed by atoms with Crippen LogP contribution in [0.3, 0.4) is 0 Å². The first kappa shape index (κ1) is 16.4. The fraction of sp³-hybridized carbons (Fsp3) is 0.188. The van der Waals surface area contributed by atoms with Gasteiger partial charge in [-0.05, 0) is 35.7 Å². The highest BCUT2D eigenvalue weighted by atomic mass is 35.5. The van der Waals surface area contributed by atoms with Crippen LogP contribution in [0.5, 0.6) is 0 Å². The monoisotopic (exact) mass is 326 g/mol. The van der Waals surface area contributed by atoms with Crippen molar-refractivity contribution in [3.8, 4) is 0 Å². The Labute approximate surface area is 131 Å². The van der Waals surface area contributed by atoms with Gasteiger partial charge in [-0.15, -0.1) is 0 Å². The molecule has 0 heterocycles. The number of halogens is 4. The molecule has 2 aromatic carbocycles. The average Bonchev–Trinajstić information content (AvgIpc) is 2.48. The van der Waals surface area contributed by atoms with Gasteiger partial charge in [0.15, 0.2) is 0 Å². The van der Waals surface area contributed by atoms with Crippen LogP contribution in [0.25, 0.3) is 0 Å². The molecule has 0 fully saturated rings. The maximum absolute atomic E-state index is 12.6. The van der Waals surface area contributed by atoms with Crippen molar-refractivity contribution in [2.45, 2.75) is 19.5 Å². The molecule has 116 valence electrons. The van der Waals surface area contributed by atoms with Crippen molar-refractivity contribution < 1.29 is 13.2 Å². The van der Waals surface area contributed by atoms with E-state index in [1.165, 1.54) is 17.8 Å². The van der Waals surface area contributed by atoms with Crippen LogP contribution >= 0.6 is 11.6 Å². The van der Waals surface area contributed by atoms with Crippen LogP contribution in [0.2, 0.25) is 5.02 Å². The van der Waals surface area contributed by atoms with Crippen molar-refractivity contribution in [3.05, 3.63) is 64.2 Å². The van der Waals surface area contributed by atoms with E-state index in [1.54, 1.807) is 0 Å². The number of aryl methyl sites for hydroxylation is 1. The van der Waals surface area contributed by atoms with Crippen molar-refractivity contribution in [3.63, 3.8) is 0 Å². The Hall–Kier alpha value is -2.01. The Morgan fingerprint density at radius 3 is 2.41 bits per heavy atom. The van der Waals surface area contributed by atoms with Crippen LogP contribution in [0.4, 0.5) is 18.9 Å². The van der Waals surface area contributed by atoms with Gasteiger partial charge in [-0.25, -0.2) is 0 Å².